The lowest BCUT2D eigenvalue weighted by Gasteiger charge is -2.36. The van der Waals surface area contributed by atoms with Gasteiger partial charge in [0.1, 0.15) is 5.75 Å². The lowest BCUT2D eigenvalue weighted by Crippen LogP contribution is -2.52. The van der Waals surface area contributed by atoms with Gasteiger partial charge in [0.05, 0.1) is 37.1 Å². The number of anilines is 1. The fourth-order valence-corrected chi connectivity index (χ4v) is 8.30. The molecule has 0 saturated carbocycles. The van der Waals surface area contributed by atoms with Gasteiger partial charge in [0, 0.05) is 70.7 Å². The van der Waals surface area contributed by atoms with Crippen LogP contribution in [-0.2, 0) is 38.9 Å². The van der Waals surface area contributed by atoms with Gasteiger partial charge in [-0.25, -0.2) is 4.79 Å². The average Bonchev–Trinajstić information content (AvgIpc) is 3.17. The van der Waals surface area contributed by atoms with Crippen molar-refractivity contribution in [2.45, 2.75) is 58.7 Å². The molecule has 6 rings (SSSR count). The number of fused-ring (bicyclic) bond motifs is 1. The fourth-order valence-electron chi connectivity index (χ4n) is 6.81. The molecule has 4 aromatic rings. The zero-order valence-electron chi connectivity index (χ0n) is 32.1. The van der Waals surface area contributed by atoms with E-state index in [1.807, 2.05) is 67.3 Å². The van der Waals surface area contributed by atoms with E-state index < -0.39 is 21.9 Å². The second kappa shape index (κ2) is 18.6. The van der Waals surface area contributed by atoms with E-state index >= 15 is 0 Å². The first-order valence-electron chi connectivity index (χ1n) is 18.5. The first-order valence-corrected chi connectivity index (χ1v) is 19.9. The maximum atomic E-state index is 13.2. The zero-order chi connectivity index (χ0) is 39.8. The van der Waals surface area contributed by atoms with E-state index in [1.54, 1.807) is 25.2 Å². The summed E-state index contributed by atoms with van der Waals surface area (Å²) in [7, 11) is -0.623. The van der Waals surface area contributed by atoms with E-state index in [0.29, 0.717) is 44.0 Å². The third-order valence-electron chi connectivity index (χ3n) is 9.64. The summed E-state index contributed by atoms with van der Waals surface area (Å²) in [5.41, 5.74) is 2.47. The summed E-state index contributed by atoms with van der Waals surface area (Å²) >= 11 is 0. The molecule has 0 amide bonds. The van der Waals surface area contributed by atoms with Crippen molar-refractivity contribution in [2.24, 2.45) is 0 Å². The SMILES string of the molecule is CCCOc1ccc2ccccc2c1CN(C)S(=O)(=O)N1CC(C)OC(C)C1.COC(=O)c1ccc(CN2CCN(c3cccc(C(F)(F)F)c3)CC2)cc1. The second-order valence-electron chi connectivity index (χ2n) is 13.9. The van der Waals surface area contributed by atoms with Gasteiger partial charge in [0.2, 0.25) is 0 Å². The Labute approximate surface area is 322 Å². The summed E-state index contributed by atoms with van der Waals surface area (Å²) in [5, 5.41) is 2.09. The van der Waals surface area contributed by atoms with Gasteiger partial charge in [0.25, 0.3) is 10.2 Å². The number of morpholine rings is 1. The molecule has 55 heavy (non-hydrogen) atoms. The number of carbonyl (C=O) groups excluding carboxylic acids is 1. The number of halogens is 3. The van der Waals surface area contributed by atoms with E-state index in [9.17, 15) is 26.4 Å². The molecule has 0 radical (unpaired) electrons. The molecule has 0 aromatic heterocycles. The van der Waals surface area contributed by atoms with Crippen molar-refractivity contribution in [1.82, 2.24) is 13.5 Å². The molecule has 2 aliphatic heterocycles. The molecular formula is C41H51F3N4O6S. The van der Waals surface area contributed by atoms with Crippen molar-refractivity contribution in [3.8, 4) is 5.75 Å². The predicted octanol–water partition coefficient (Wildman–Crippen LogP) is 7.23. The van der Waals surface area contributed by atoms with Gasteiger partial charge >= 0.3 is 12.1 Å². The Bertz CT molecular complexity index is 1980. The summed E-state index contributed by atoms with van der Waals surface area (Å²) < 4.78 is 84.3. The number of methoxy groups -OCH3 is 1. The van der Waals surface area contributed by atoms with E-state index in [2.05, 4.69) is 16.6 Å². The van der Waals surface area contributed by atoms with Crippen molar-refractivity contribution in [3.05, 3.63) is 107 Å². The molecule has 2 fully saturated rings. The van der Waals surface area contributed by atoms with Gasteiger partial charge in [-0.1, -0.05) is 55.5 Å². The Balaban J connectivity index is 0.000000211. The lowest BCUT2D eigenvalue weighted by molar-refractivity contribution is -0.137. The van der Waals surface area contributed by atoms with Crippen LogP contribution in [0.1, 0.15) is 54.2 Å². The van der Waals surface area contributed by atoms with Gasteiger partial charge in [-0.3, -0.25) is 4.90 Å². The van der Waals surface area contributed by atoms with Crippen LogP contribution in [0.5, 0.6) is 5.75 Å². The molecule has 2 saturated heterocycles. The van der Waals surface area contributed by atoms with Crippen LogP contribution in [0, 0.1) is 0 Å². The number of piperazine rings is 1. The topological polar surface area (TPSA) is 91.9 Å². The number of rotatable bonds is 11. The van der Waals surface area contributed by atoms with Gasteiger partial charge in [-0.05, 0) is 73.0 Å². The molecule has 2 heterocycles. The molecule has 2 unspecified atom stereocenters. The first kappa shape index (κ1) is 41.9. The molecule has 14 heteroatoms. The third-order valence-corrected chi connectivity index (χ3v) is 11.5. The van der Waals surface area contributed by atoms with Gasteiger partial charge < -0.3 is 19.1 Å². The highest BCUT2D eigenvalue weighted by atomic mass is 32.2. The van der Waals surface area contributed by atoms with Crippen LogP contribution >= 0.6 is 0 Å². The van der Waals surface area contributed by atoms with Crippen LogP contribution in [0.15, 0.2) is 84.9 Å². The lowest BCUT2D eigenvalue weighted by atomic mass is 10.0. The molecule has 2 aliphatic rings. The van der Waals surface area contributed by atoms with Crippen molar-refractivity contribution in [2.75, 3.05) is 64.9 Å². The summed E-state index contributed by atoms with van der Waals surface area (Å²) in [4.78, 5) is 15.7. The number of benzene rings is 4. The highest BCUT2D eigenvalue weighted by Gasteiger charge is 2.34. The minimum atomic E-state index is -4.33. The largest absolute Gasteiger partial charge is 0.493 e. The van der Waals surface area contributed by atoms with Gasteiger partial charge in [-0.2, -0.15) is 30.2 Å². The molecule has 0 aliphatic carbocycles. The number of hydrogen-bond donors (Lipinski definition) is 0. The van der Waals surface area contributed by atoms with E-state index in [1.165, 1.54) is 27.9 Å². The fraction of sp³-hybridized carbons (Fsp3) is 0.439. The Morgan fingerprint density at radius 3 is 2.22 bits per heavy atom. The molecule has 10 nitrogen and oxygen atoms in total. The summed E-state index contributed by atoms with van der Waals surface area (Å²) in [6, 6.07) is 24.7. The maximum absolute atomic E-state index is 13.2. The highest BCUT2D eigenvalue weighted by Crippen LogP contribution is 2.33. The summed E-state index contributed by atoms with van der Waals surface area (Å²) in [5.74, 6) is 0.377. The monoisotopic (exact) mass is 784 g/mol. The number of nitrogens with zero attached hydrogens (tertiary/aromatic N) is 4. The second-order valence-corrected chi connectivity index (χ2v) is 16.0. The van der Waals surface area contributed by atoms with Crippen molar-refractivity contribution >= 4 is 32.6 Å². The minimum absolute atomic E-state index is 0.118. The standard InChI is InChI=1S/C21H30N2O4S.C20H21F3N2O2/c1-5-12-26-21-11-10-18-8-6-7-9-19(18)20(21)15-22(4)28(24,25)23-13-16(2)27-17(3)14-23;1-27-19(26)16-7-5-15(6-8-16)14-24-9-11-25(12-10-24)18-4-2-3-17(13-18)20(21,22)23/h6-11,16-17H,5,12-15H2,1-4H3;2-8,13H,9-12,14H2,1H3. The number of alkyl halides is 3. The molecular weight excluding hydrogens is 734 g/mol. The Morgan fingerprint density at radius 1 is 0.909 bits per heavy atom. The molecule has 0 bridgehead atoms. The van der Waals surface area contributed by atoms with Crippen LogP contribution in [0.2, 0.25) is 0 Å². The van der Waals surface area contributed by atoms with E-state index in [4.69, 9.17) is 9.47 Å². The Kier molecular flexibility index (Phi) is 14.2. The molecule has 2 atom stereocenters. The number of ether oxygens (including phenoxy) is 3. The molecule has 0 spiro atoms. The summed E-state index contributed by atoms with van der Waals surface area (Å²) in [6.07, 6.45) is -3.67. The third kappa shape index (κ3) is 11.0. The molecule has 4 aromatic carbocycles. The van der Waals surface area contributed by atoms with Crippen LogP contribution in [0.4, 0.5) is 18.9 Å². The number of hydrogen-bond acceptors (Lipinski definition) is 8. The average molecular weight is 785 g/mol. The number of esters is 1. The van der Waals surface area contributed by atoms with E-state index in [0.717, 1.165) is 59.8 Å². The van der Waals surface area contributed by atoms with Crippen molar-refractivity contribution < 1.29 is 40.6 Å². The van der Waals surface area contributed by atoms with Crippen molar-refractivity contribution in [1.29, 1.82) is 0 Å². The maximum Gasteiger partial charge on any atom is 0.416 e. The van der Waals surface area contributed by atoms with Gasteiger partial charge in [-0.15, -0.1) is 0 Å². The highest BCUT2D eigenvalue weighted by molar-refractivity contribution is 7.86. The minimum Gasteiger partial charge on any atom is -0.493 e. The van der Waals surface area contributed by atoms with Crippen LogP contribution in [0.25, 0.3) is 10.8 Å². The van der Waals surface area contributed by atoms with Crippen LogP contribution < -0.4 is 9.64 Å². The van der Waals surface area contributed by atoms with Crippen molar-refractivity contribution in [3.63, 3.8) is 0 Å². The number of carbonyl (C=O) groups is 1. The first-order chi connectivity index (χ1) is 26.2. The Hall–Kier alpha value is -4.21. The Morgan fingerprint density at radius 2 is 1.58 bits per heavy atom. The normalized spacial score (nSPS) is 18.5. The summed E-state index contributed by atoms with van der Waals surface area (Å²) in [6.45, 7) is 11.0. The van der Waals surface area contributed by atoms with Crippen LogP contribution in [-0.4, -0.2) is 100 Å². The zero-order valence-corrected chi connectivity index (χ0v) is 32.9. The van der Waals surface area contributed by atoms with Crippen LogP contribution in [0.3, 0.4) is 0 Å². The quantitative estimate of drug-likeness (QED) is 0.147. The smallest absolute Gasteiger partial charge is 0.416 e. The van der Waals surface area contributed by atoms with E-state index in [-0.39, 0.29) is 24.7 Å². The molecule has 298 valence electrons. The molecule has 0 N–H and O–H groups in total. The predicted molar refractivity (Wildman–Crippen MR) is 208 cm³/mol. The van der Waals surface area contributed by atoms with Gasteiger partial charge in [0.15, 0.2) is 0 Å².